The monoisotopic (exact) mass is 289 g/mol. The fourth-order valence-electron chi connectivity index (χ4n) is 1.76. The Hall–Kier alpha value is -2.00. The Morgan fingerprint density at radius 1 is 1.15 bits per heavy atom. The number of hydrogen-bond acceptors (Lipinski definition) is 2. The van der Waals surface area contributed by atoms with Crippen molar-refractivity contribution in [2.75, 3.05) is 5.32 Å². The molecule has 0 fully saturated rings. The summed E-state index contributed by atoms with van der Waals surface area (Å²) in [6, 6.07) is 16.4. The van der Waals surface area contributed by atoms with Gasteiger partial charge < -0.3 is 10.1 Å². The van der Waals surface area contributed by atoms with Crippen LogP contribution >= 0.6 is 11.6 Å². The molecule has 1 N–H and O–H groups in total. The van der Waals surface area contributed by atoms with Gasteiger partial charge in [0.15, 0.2) is 6.10 Å². The van der Waals surface area contributed by atoms with E-state index in [4.69, 9.17) is 16.3 Å². The van der Waals surface area contributed by atoms with Crippen LogP contribution in [-0.4, -0.2) is 12.0 Å². The molecule has 0 heterocycles. The first kappa shape index (κ1) is 14.4. The second-order valence-electron chi connectivity index (χ2n) is 4.30. The summed E-state index contributed by atoms with van der Waals surface area (Å²) in [5, 5.41) is 3.30. The third-order valence-corrected chi connectivity index (χ3v) is 3.15. The van der Waals surface area contributed by atoms with Crippen molar-refractivity contribution in [3.05, 3.63) is 59.6 Å². The molecule has 2 rings (SSSR count). The topological polar surface area (TPSA) is 38.3 Å². The predicted molar refractivity (Wildman–Crippen MR) is 81.2 cm³/mol. The summed E-state index contributed by atoms with van der Waals surface area (Å²) in [6.45, 7) is 1.90. The van der Waals surface area contributed by atoms with Gasteiger partial charge in [0.05, 0.1) is 10.7 Å². The molecule has 0 aliphatic heterocycles. The van der Waals surface area contributed by atoms with Gasteiger partial charge in [-0.3, -0.25) is 4.79 Å². The molecule has 20 heavy (non-hydrogen) atoms. The highest BCUT2D eigenvalue weighted by Crippen LogP contribution is 2.21. The predicted octanol–water partition coefficient (Wildman–Crippen LogP) is 4.14. The zero-order chi connectivity index (χ0) is 14.4. The number of carbonyl (C=O) groups is 1. The average molecular weight is 290 g/mol. The first-order valence-corrected chi connectivity index (χ1v) is 6.85. The molecule has 0 bridgehead atoms. The standard InChI is InChI=1S/C16H16ClNO2/c1-2-15(20-12-8-4-3-5-9-12)16(19)18-14-11-7-6-10-13(14)17/h3-11,15H,2H2,1H3,(H,18,19)/t15-/m0/s1. The number of para-hydroxylation sites is 2. The van der Waals surface area contributed by atoms with Gasteiger partial charge in [-0.15, -0.1) is 0 Å². The minimum Gasteiger partial charge on any atom is -0.481 e. The van der Waals surface area contributed by atoms with Gasteiger partial charge in [-0.25, -0.2) is 0 Å². The van der Waals surface area contributed by atoms with E-state index in [-0.39, 0.29) is 5.91 Å². The molecule has 2 aromatic rings. The second kappa shape index (κ2) is 6.96. The van der Waals surface area contributed by atoms with E-state index in [2.05, 4.69) is 5.32 Å². The van der Waals surface area contributed by atoms with Crippen molar-refractivity contribution in [3.8, 4) is 5.75 Å². The number of halogens is 1. The summed E-state index contributed by atoms with van der Waals surface area (Å²) >= 11 is 6.02. The first-order chi connectivity index (χ1) is 9.70. The first-order valence-electron chi connectivity index (χ1n) is 6.47. The van der Waals surface area contributed by atoms with Gasteiger partial charge in [0.25, 0.3) is 5.91 Å². The molecule has 0 radical (unpaired) electrons. The smallest absolute Gasteiger partial charge is 0.265 e. The number of rotatable bonds is 5. The third kappa shape index (κ3) is 3.75. The lowest BCUT2D eigenvalue weighted by Crippen LogP contribution is -2.32. The highest BCUT2D eigenvalue weighted by molar-refractivity contribution is 6.33. The molecule has 0 aliphatic rings. The van der Waals surface area contributed by atoms with Crippen LogP contribution in [0.4, 0.5) is 5.69 Å². The van der Waals surface area contributed by atoms with Crippen molar-refractivity contribution in [1.29, 1.82) is 0 Å². The van der Waals surface area contributed by atoms with Gasteiger partial charge in [0, 0.05) is 0 Å². The Morgan fingerprint density at radius 2 is 1.80 bits per heavy atom. The zero-order valence-corrected chi connectivity index (χ0v) is 11.9. The van der Waals surface area contributed by atoms with E-state index >= 15 is 0 Å². The Kier molecular flexibility index (Phi) is 5.02. The third-order valence-electron chi connectivity index (χ3n) is 2.82. The largest absolute Gasteiger partial charge is 0.481 e. The van der Waals surface area contributed by atoms with Gasteiger partial charge in [0.1, 0.15) is 5.75 Å². The van der Waals surface area contributed by atoms with E-state index in [0.29, 0.717) is 22.9 Å². The minimum absolute atomic E-state index is 0.204. The molecule has 0 spiro atoms. The van der Waals surface area contributed by atoms with E-state index in [1.54, 1.807) is 12.1 Å². The summed E-state index contributed by atoms with van der Waals surface area (Å²) in [5.74, 6) is 0.470. The Morgan fingerprint density at radius 3 is 2.45 bits per heavy atom. The number of amides is 1. The molecular formula is C16H16ClNO2. The summed E-state index contributed by atoms with van der Waals surface area (Å²) < 4.78 is 5.68. The SMILES string of the molecule is CC[C@H](Oc1ccccc1)C(=O)Nc1ccccc1Cl. The number of carbonyl (C=O) groups excluding carboxylic acids is 1. The number of anilines is 1. The van der Waals surface area contributed by atoms with Crippen LogP contribution in [0, 0.1) is 0 Å². The van der Waals surface area contributed by atoms with Crippen molar-refractivity contribution < 1.29 is 9.53 Å². The van der Waals surface area contributed by atoms with Crippen LogP contribution in [0.5, 0.6) is 5.75 Å². The van der Waals surface area contributed by atoms with Crippen molar-refractivity contribution in [2.45, 2.75) is 19.4 Å². The second-order valence-corrected chi connectivity index (χ2v) is 4.70. The van der Waals surface area contributed by atoms with Gasteiger partial charge in [-0.05, 0) is 30.7 Å². The van der Waals surface area contributed by atoms with Crippen LogP contribution in [0.3, 0.4) is 0 Å². The van der Waals surface area contributed by atoms with Crippen molar-refractivity contribution in [2.24, 2.45) is 0 Å². The van der Waals surface area contributed by atoms with Crippen LogP contribution < -0.4 is 10.1 Å². The van der Waals surface area contributed by atoms with Crippen molar-refractivity contribution in [3.63, 3.8) is 0 Å². The molecular weight excluding hydrogens is 274 g/mol. The van der Waals surface area contributed by atoms with Gasteiger partial charge >= 0.3 is 0 Å². The lowest BCUT2D eigenvalue weighted by molar-refractivity contribution is -0.122. The minimum atomic E-state index is -0.548. The van der Waals surface area contributed by atoms with Crippen LogP contribution in [0.15, 0.2) is 54.6 Å². The molecule has 0 saturated carbocycles. The molecule has 0 saturated heterocycles. The Balaban J connectivity index is 2.04. The molecule has 2 aromatic carbocycles. The van der Waals surface area contributed by atoms with Gasteiger partial charge in [-0.1, -0.05) is 48.9 Å². The van der Waals surface area contributed by atoms with Crippen LogP contribution in [0.2, 0.25) is 5.02 Å². The number of ether oxygens (including phenoxy) is 1. The lowest BCUT2D eigenvalue weighted by Gasteiger charge is -2.17. The molecule has 0 aliphatic carbocycles. The highest BCUT2D eigenvalue weighted by atomic mass is 35.5. The summed E-state index contributed by atoms with van der Waals surface area (Å²) in [4.78, 5) is 12.2. The molecule has 1 amide bonds. The molecule has 3 nitrogen and oxygen atoms in total. The van der Waals surface area contributed by atoms with E-state index < -0.39 is 6.10 Å². The van der Waals surface area contributed by atoms with E-state index in [9.17, 15) is 4.79 Å². The van der Waals surface area contributed by atoms with Gasteiger partial charge in [-0.2, -0.15) is 0 Å². The molecule has 1 atom stereocenters. The zero-order valence-electron chi connectivity index (χ0n) is 11.2. The van der Waals surface area contributed by atoms with Crippen LogP contribution in [-0.2, 0) is 4.79 Å². The molecule has 0 unspecified atom stereocenters. The lowest BCUT2D eigenvalue weighted by atomic mass is 10.2. The van der Waals surface area contributed by atoms with Crippen LogP contribution in [0.1, 0.15) is 13.3 Å². The fraction of sp³-hybridized carbons (Fsp3) is 0.188. The number of hydrogen-bond donors (Lipinski definition) is 1. The molecule has 104 valence electrons. The molecule has 4 heteroatoms. The van der Waals surface area contributed by atoms with Crippen LogP contribution in [0.25, 0.3) is 0 Å². The van der Waals surface area contributed by atoms with Crippen molar-refractivity contribution >= 4 is 23.2 Å². The average Bonchev–Trinajstić information content (AvgIpc) is 2.48. The maximum atomic E-state index is 12.2. The summed E-state index contributed by atoms with van der Waals surface area (Å²) in [5.41, 5.74) is 0.592. The maximum absolute atomic E-state index is 12.2. The molecule has 0 aromatic heterocycles. The van der Waals surface area contributed by atoms with E-state index in [0.717, 1.165) is 0 Å². The van der Waals surface area contributed by atoms with Crippen molar-refractivity contribution in [1.82, 2.24) is 0 Å². The Bertz CT molecular complexity index is 572. The highest BCUT2D eigenvalue weighted by Gasteiger charge is 2.19. The van der Waals surface area contributed by atoms with Gasteiger partial charge in [0.2, 0.25) is 0 Å². The van der Waals surface area contributed by atoms with E-state index in [1.165, 1.54) is 0 Å². The summed E-state index contributed by atoms with van der Waals surface area (Å²) in [7, 11) is 0. The normalized spacial score (nSPS) is 11.7. The Labute approximate surface area is 123 Å². The number of benzene rings is 2. The summed E-state index contributed by atoms with van der Waals surface area (Å²) in [6.07, 6.45) is 0.0271. The fourth-order valence-corrected chi connectivity index (χ4v) is 1.94. The maximum Gasteiger partial charge on any atom is 0.265 e. The van der Waals surface area contributed by atoms with E-state index in [1.807, 2.05) is 49.4 Å². The quantitative estimate of drug-likeness (QED) is 0.898. The number of nitrogens with one attached hydrogen (secondary N) is 1.